The summed E-state index contributed by atoms with van der Waals surface area (Å²) < 4.78 is 0. The second-order valence-electron chi connectivity index (χ2n) is 4.79. The smallest absolute Gasteiger partial charge is 0.185 e. The first-order chi connectivity index (χ1) is 8.33. The van der Waals surface area contributed by atoms with Gasteiger partial charge in [-0.05, 0) is 25.3 Å². The Morgan fingerprint density at radius 1 is 1.53 bits per heavy atom. The maximum atomic E-state index is 4.71. The molecule has 96 valence electrons. The molecule has 2 heterocycles. The fourth-order valence-electron chi connectivity index (χ4n) is 2.43. The summed E-state index contributed by atoms with van der Waals surface area (Å²) in [6.45, 7) is 8.72. The Bertz CT molecular complexity index is 337. The summed E-state index contributed by atoms with van der Waals surface area (Å²) in [6, 6.07) is 0. The van der Waals surface area contributed by atoms with E-state index in [1.807, 2.05) is 0 Å². The molecule has 0 aliphatic carbocycles. The average Bonchev–Trinajstić information content (AvgIpc) is 2.95. The van der Waals surface area contributed by atoms with Crippen LogP contribution < -0.4 is 10.2 Å². The largest absolute Gasteiger partial charge is 0.348 e. The SMILES string of the molecule is CCCC1CCN(c2nc(CNCC)cs2)C1. The molecule has 1 atom stereocenters. The van der Waals surface area contributed by atoms with Gasteiger partial charge in [0.2, 0.25) is 0 Å². The third-order valence-corrected chi connectivity index (χ3v) is 4.30. The van der Waals surface area contributed by atoms with Crippen molar-refractivity contribution in [2.45, 2.75) is 39.7 Å². The highest BCUT2D eigenvalue weighted by atomic mass is 32.1. The molecule has 0 spiro atoms. The number of aromatic nitrogens is 1. The maximum absolute atomic E-state index is 4.71. The van der Waals surface area contributed by atoms with Crippen molar-refractivity contribution in [3.8, 4) is 0 Å². The topological polar surface area (TPSA) is 28.2 Å². The van der Waals surface area contributed by atoms with E-state index >= 15 is 0 Å². The Kier molecular flexibility index (Phi) is 4.80. The molecule has 0 amide bonds. The normalized spacial score (nSPS) is 20.1. The van der Waals surface area contributed by atoms with Crippen LogP contribution in [-0.2, 0) is 6.54 Å². The zero-order valence-electron chi connectivity index (χ0n) is 10.9. The molecular weight excluding hydrogens is 230 g/mol. The van der Waals surface area contributed by atoms with Crippen molar-refractivity contribution in [3.63, 3.8) is 0 Å². The van der Waals surface area contributed by atoms with Gasteiger partial charge in [0.05, 0.1) is 5.69 Å². The maximum Gasteiger partial charge on any atom is 0.185 e. The molecule has 1 saturated heterocycles. The quantitative estimate of drug-likeness (QED) is 0.845. The highest BCUT2D eigenvalue weighted by Gasteiger charge is 2.23. The second kappa shape index (κ2) is 6.36. The van der Waals surface area contributed by atoms with Crippen molar-refractivity contribution in [3.05, 3.63) is 11.1 Å². The van der Waals surface area contributed by atoms with Gasteiger partial charge in [-0.25, -0.2) is 4.98 Å². The minimum Gasteiger partial charge on any atom is -0.348 e. The van der Waals surface area contributed by atoms with E-state index in [0.717, 1.165) is 19.0 Å². The number of anilines is 1. The van der Waals surface area contributed by atoms with E-state index in [0.29, 0.717) is 0 Å². The molecule has 0 bridgehead atoms. The van der Waals surface area contributed by atoms with Gasteiger partial charge in [-0.3, -0.25) is 0 Å². The highest BCUT2D eigenvalue weighted by Crippen LogP contribution is 2.28. The van der Waals surface area contributed by atoms with Crippen LogP contribution in [0.4, 0.5) is 5.13 Å². The number of hydrogen-bond donors (Lipinski definition) is 1. The molecule has 1 N–H and O–H groups in total. The van der Waals surface area contributed by atoms with Crippen molar-refractivity contribution >= 4 is 16.5 Å². The lowest BCUT2D eigenvalue weighted by atomic mass is 10.0. The third kappa shape index (κ3) is 3.42. The van der Waals surface area contributed by atoms with E-state index in [1.165, 1.54) is 43.2 Å². The third-order valence-electron chi connectivity index (χ3n) is 3.35. The Morgan fingerprint density at radius 2 is 2.41 bits per heavy atom. The van der Waals surface area contributed by atoms with Gasteiger partial charge in [0, 0.05) is 25.0 Å². The van der Waals surface area contributed by atoms with Gasteiger partial charge in [-0.15, -0.1) is 11.3 Å². The molecule has 1 unspecified atom stereocenters. The first-order valence-corrected chi connectivity index (χ1v) is 7.61. The van der Waals surface area contributed by atoms with Crippen molar-refractivity contribution in [2.75, 3.05) is 24.5 Å². The number of thiazole rings is 1. The molecule has 1 aromatic heterocycles. The number of nitrogens with one attached hydrogen (secondary N) is 1. The Labute approximate surface area is 108 Å². The molecule has 4 heteroatoms. The summed E-state index contributed by atoms with van der Waals surface area (Å²) in [5.41, 5.74) is 1.19. The first-order valence-electron chi connectivity index (χ1n) is 6.73. The van der Waals surface area contributed by atoms with Crippen molar-refractivity contribution in [2.24, 2.45) is 5.92 Å². The summed E-state index contributed by atoms with van der Waals surface area (Å²) in [5.74, 6) is 0.890. The van der Waals surface area contributed by atoms with Gasteiger partial charge in [0.15, 0.2) is 5.13 Å². The van der Waals surface area contributed by atoms with E-state index in [1.54, 1.807) is 11.3 Å². The summed E-state index contributed by atoms with van der Waals surface area (Å²) in [6.07, 6.45) is 4.02. The van der Waals surface area contributed by atoms with E-state index in [4.69, 9.17) is 4.98 Å². The van der Waals surface area contributed by atoms with E-state index < -0.39 is 0 Å². The molecule has 1 aromatic rings. The van der Waals surface area contributed by atoms with Gasteiger partial charge >= 0.3 is 0 Å². The number of hydrogen-bond acceptors (Lipinski definition) is 4. The summed E-state index contributed by atoms with van der Waals surface area (Å²) >= 11 is 1.79. The minimum absolute atomic E-state index is 0.890. The Morgan fingerprint density at radius 3 is 3.18 bits per heavy atom. The van der Waals surface area contributed by atoms with Crippen LogP contribution >= 0.6 is 11.3 Å². The fourth-order valence-corrected chi connectivity index (χ4v) is 3.29. The van der Waals surface area contributed by atoms with Crippen molar-refractivity contribution < 1.29 is 0 Å². The molecule has 3 nitrogen and oxygen atoms in total. The first kappa shape index (κ1) is 12.8. The molecule has 1 aliphatic rings. The van der Waals surface area contributed by atoms with Crippen molar-refractivity contribution in [1.82, 2.24) is 10.3 Å². The molecule has 0 aromatic carbocycles. The van der Waals surface area contributed by atoms with Crippen LogP contribution in [0.1, 0.15) is 38.8 Å². The lowest BCUT2D eigenvalue weighted by molar-refractivity contribution is 0.529. The van der Waals surface area contributed by atoms with Crippen LogP contribution in [-0.4, -0.2) is 24.6 Å². The molecule has 1 aliphatic heterocycles. The zero-order chi connectivity index (χ0) is 12.1. The van der Waals surface area contributed by atoms with Crippen LogP contribution in [0.25, 0.3) is 0 Å². The van der Waals surface area contributed by atoms with Crippen LogP contribution in [0.5, 0.6) is 0 Å². The van der Waals surface area contributed by atoms with Gasteiger partial charge in [-0.2, -0.15) is 0 Å². The van der Waals surface area contributed by atoms with Crippen LogP contribution in [0.3, 0.4) is 0 Å². The minimum atomic E-state index is 0.890. The average molecular weight is 253 g/mol. The van der Waals surface area contributed by atoms with Crippen LogP contribution in [0.15, 0.2) is 5.38 Å². The molecule has 17 heavy (non-hydrogen) atoms. The monoisotopic (exact) mass is 253 g/mol. The predicted molar refractivity (Wildman–Crippen MR) is 74.7 cm³/mol. The summed E-state index contributed by atoms with van der Waals surface area (Å²) in [5, 5.41) is 6.73. The Balaban J connectivity index is 1.88. The number of rotatable bonds is 6. The highest BCUT2D eigenvalue weighted by molar-refractivity contribution is 7.13. The molecule has 2 rings (SSSR count). The zero-order valence-corrected chi connectivity index (χ0v) is 11.7. The molecule has 0 radical (unpaired) electrons. The standard InChI is InChI=1S/C13H23N3S/c1-3-5-11-6-7-16(9-11)13-15-12(10-17-13)8-14-4-2/h10-11,14H,3-9H2,1-2H3. The lowest BCUT2D eigenvalue weighted by Gasteiger charge is -2.14. The van der Waals surface area contributed by atoms with Gasteiger partial charge in [-0.1, -0.05) is 20.3 Å². The van der Waals surface area contributed by atoms with Crippen LogP contribution in [0, 0.1) is 5.92 Å². The molecular formula is C13H23N3S. The number of nitrogens with zero attached hydrogens (tertiary/aromatic N) is 2. The summed E-state index contributed by atoms with van der Waals surface area (Å²) in [4.78, 5) is 7.17. The molecule has 1 fully saturated rings. The van der Waals surface area contributed by atoms with E-state index in [2.05, 4.69) is 29.4 Å². The Hall–Kier alpha value is -0.610. The predicted octanol–water partition coefficient (Wildman–Crippen LogP) is 2.88. The van der Waals surface area contributed by atoms with Gasteiger partial charge < -0.3 is 10.2 Å². The second-order valence-corrected chi connectivity index (χ2v) is 5.63. The van der Waals surface area contributed by atoms with E-state index in [9.17, 15) is 0 Å². The van der Waals surface area contributed by atoms with Crippen LogP contribution in [0.2, 0.25) is 0 Å². The fraction of sp³-hybridized carbons (Fsp3) is 0.769. The van der Waals surface area contributed by atoms with Gasteiger partial charge in [0.1, 0.15) is 0 Å². The van der Waals surface area contributed by atoms with E-state index in [-0.39, 0.29) is 0 Å². The summed E-state index contributed by atoms with van der Waals surface area (Å²) in [7, 11) is 0. The lowest BCUT2D eigenvalue weighted by Crippen LogP contribution is -2.19. The molecule has 0 saturated carbocycles. The van der Waals surface area contributed by atoms with Gasteiger partial charge in [0.25, 0.3) is 0 Å². The van der Waals surface area contributed by atoms with Crippen molar-refractivity contribution in [1.29, 1.82) is 0 Å².